The number of para-hydroxylation sites is 1. The van der Waals surface area contributed by atoms with E-state index in [1.807, 2.05) is 50.2 Å². The molecule has 0 saturated carbocycles. The molecule has 2 rings (SSSR count). The van der Waals surface area contributed by atoms with Gasteiger partial charge in [-0.2, -0.15) is 0 Å². The van der Waals surface area contributed by atoms with Gasteiger partial charge in [0.1, 0.15) is 0 Å². The third-order valence-electron chi connectivity index (χ3n) is 3.74. The van der Waals surface area contributed by atoms with Gasteiger partial charge in [0.25, 0.3) is 0 Å². The Hall–Kier alpha value is -2.53. The van der Waals surface area contributed by atoms with E-state index < -0.39 is 0 Å². The maximum absolute atomic E-state index is 12.0. The molecule has 6 heteroatoms. The topological polar surface area (TPSA) is 70.2 Å². The Kier molecular flexibility index (Phi) is 6.83. The van der Waals surface area contributed by atoms with E-state index in [0.29, 0.717) is 18.0 Å². The molecule has 0 bridgehead atoms. The summed E-state index contributed by atoms with van der Waals surface area (Å²) >= 11 is 5.92. The second kappa shape index (κ2) is 9.08. The molecule has 0 unspecified atom stereocenters. The van der Waals surface area contributed by atoms with E-state index in [1.165, 1.54) is 0 Å². The lowest BCUT2D eigenvalue weighted by Crippen LogP contribution is -2.40. The molecule has 5 nitrogen and oxygen atoms in total. The van der Waals surface area contributed by atoms with E-state index in [1.54, 1.807) is 6.07 Å². The number of aryl methyl sites for hydroxylation is 2. The Labute approximate surface area is 152 Å². The molecule has 0 saturated heterocycles. The van der Waals surface area contributed by atoms with Crippen molar-refractivity contribution in [2.45, 2.75) is 20.3 Å². The Morgan fingerprint density at radius 2 is 1.68 bits per heavy atom. The maximum Gasteiger partial charge on any atom is 0.315 e. The molecular formula is C19H22ClN3O2. The van der Waals surface area contributed by atoms with Crippen LogP contribution in [-0.4, -0.2) is 25.0 Å². The number of hydrogen-bond acceptors (Lipinski definition) is 2. The van der Waals surface area contributed by atoms with Crippen LogP contribution in [0.25, 0.3) is 0 Å². The number of amides is 3. The Morgan fingerprint density at radius 3 is 2.36 bits per heavy atom. The van der Waals surface area contributed by atoms with Crippen LogP contribution in [0.5, 0.6) is 0 Å². The zero-order chi connectivity index (χ0) is 18.2. The smallest absolute Gasteiger partial charge is 0.315 e. The summed E-state index contributed by atoms with van der Waals surface area (Å²) in [5.74, 6) is -0.262. The lowest BCUT2D eigenvalue weighted by Gasteiger charge is -2.12. The highest BCUT2D eigenvalue weighted by molar-refractivity contribution is 6.30. The molecule has 0 aromatic heterocycles. The molecule has 3 N–H and O–H groups in total. The lowest BCUT2D eigenvalue weighted by atomic mass is 10.1. The summed E-state index contributed by atoms with van der Waals surface area (Å²) in [6.07, 6.45) is 0.669. The van der Waals surface area contributed by atoms with Gasteiger partial charge in [-0.15, -0.1) is 0 Å². The zero-order valence-corrected chi connectivity index (χ0v) is 15.1. The standard InChI is InChI=1S/C19H22ClN3O2/c1-13-5-3-6-14(2)18(13)23-17(24)12-22-19(25)21-10-9-15-7-4-8-16(20)11-15/h3-8,11H,9-10,12H2,1-2H3,(H,23,24)(H2,21,22,25). The number of benzene rings is 2. The molecule has 0 fully saturated rings. The van der Waals surface area contributed by atoms with Gasteiger partial charge in [0, 0.05) is 17.3 Å². The quantitative estimate of drug-likeness (QED) is 0.739. The summed E-state index contributed by atoms with van der Waals surface area (Å²) in [4.78, 5) is 23.7. The van der Waals surface area contributed by atoms with Gasteiger partial charge in [-0.1, -0.05) is 41.9 Å². The monoisotopic (exact) mass is 359 g/mol. The molecule has 0 atom stereocenters. The predicted octanol–water partition coefficient (Wildman–Crippen LogP) is 3.44. The minimum absolute atomic E-state index is 0.0865. The van der Waals surface area contributed by atoms with Gasteiger partial charge in [-0.25, -0.2) is 4.79 Å². The van der Waals surface area contributed by atoms with Crippen molar-refractivity contribution < 1.29 is 9.59 Å². The third-order valence-corrected chi connectivity index (χ3v) is 3.98. The average Bonchev–Trinajstić information content (AvgIpc) is 2.56. The molecule has 2 aromatic carbocycles. The van der Waals surface area contributed by atoms with Gasteiger partial charge in [0.2, 0.25) is 5.91 Å². The van der Waals surface area contributed by atoms with E-state index >= 15 is 0 Å². The molecule has 25 heavy (non-hydrogen) atoms. The Bertz CT molecular complexity index is 742. The first-order valence-electron chi connectivity index (χ1n) is 8.08. The number of urea groups is 1. The van der Waals surface area contributed by atoms with Crippen molar-refractivity contribution in [3.05, 3.63) is 64.2 Å². The van der Waals surface area contributed by atoms with Crippen LogP contribution in [0.4, 0.5) is 10.5 Å². The molecule has 132 valence electrons. The summed E-state index contributed by atoms with van der Waals surface area (Å²) in [6.45, 7) is 4.23. The van der Waals surface area contributed by atoms with Crippen LogP contribution in [0.15, 0.2) is 42.5 Å². The fourth-order valence-electron chi connectivity index (χ4n) is 2.43. The molecule has 3 amide bonds. The van der Waals surface area contributed by atoms with Crippen molar-refractivity contribution in [3.8, 4) is 0 Å². The average molecular weight is 360 g/mol. The molecule has 0 aliphatic rings. The van der Waals surface area contributed by atoms with Gasteiger partial charge < -0.3 is 16.0 Å². The Balaban J connectivity index is 1.71. The summed E-state index contributed by atoms with van der Waals surface area (Å²) < 4.78 is 0. The van der Waals surface area contributed by atoms with Crippen molar-refractivity contribution >= 4 is 29.2 Å². The minimum Gasteiger partial charge on any atom is -0.338 e. The van der Waals surface area contributed by atoms with Crippen LogP contribution in [0.1, 0.15) is 16.7 Å². The highest BCUT2D eigenvalue weighted by atomic mass is 35.5. The number of carbonyl (C=O) groups is 2. The van der Waals surface area contributed by atoms with Gasteiger partial charge in [0.15, 0.2) is 0 Å². The largest absolute Gasteiger partial charge is 0.338 e. The summed E-state index contributed by atoms with van der Waals surface area (Å²) in [5.41, 5.74) is 3.80. The number of anilines is 1. The van der Waals surface area contributed by atoms with Crippen LogP contribution in [0.2, 0.25) is 5.02 Å². The van der Waals surface area contributed by atoms with Gasteiger partial charge in [-0.05, 0) is 49.1 Å². The van der Waals surface area contributed by atoms with E-state index in [-0.39, 0.29) is 18.5 Å². The van der Waals surface area contributed by atoms with E-state index in [0.717, 1.165) is 22.4 Å². The molecule has 0 radical (unpaired) electrons. The van der Waals surface area contributed by atoms with Crippen LogP contribution >= 0.6 is 11.6 Å². The summed E-state index contributed by atoms with van der Waals surface area (Å²) in [6, 6.07) is 12.9. The SMILES string of the molecule is Cc1cccc(C)c1NC(=O)CNC(=O)NCCc1cccc(Cl)c1. The maximum atomic E-state index is 12.0. The first-order valence-corrected chi connectivity index (χ1v) is 8.45. The number of carbonyl (C=O) groups excluding carboxylic acids is 2. The minimum atomic E-state index is -0.376. The molecule has 2 aromatic rings. The van der Waals surface area contributed by atoms with Gasteiger partial charge in [-0.3, -0.25) is 4.79 Å². The third kappa shape index (κ3) is 6.12. The van der Waals surface area contributed by atoms with Crippen molar-refractivity contribution in [1.82, 2.24) is 10.6 Å². The fraction of sp³-hybridized carbons (Fsp3) is 0.263. The van der Waals surface area contributed by atoms with E-state index in [2.05, 4.69) is 16.0 Å². The van der Waals surface area contributed by atoms with Gasteiger partial charge >= 0.3 is 6.03 Å². The highest BCUT2D eigenvalue weighted by Crippen LogP contribution is 2.18. The van der Waals surface area contributed by atoms with Crippen LogP contribution in [-0.2, 0) is 11.2 Å². The number of halogens is 1. The first-order chi connectivity index (χ1) is 12.0. The van der Waals surface area contributed by atoms with E-state index in [4.69, 9.17) is 11.6 Å². The van der Waals surface area contributed by atoms with E-state index in [9.17, 15) is 9.59 Å². The van der Waals surface area contributed by atoms with Crippen LogP contribution in [0.3, 0.4) is 0 Å². The number of nitrogens with one attached hydrogen (secondary N) is 3. The molecular weight excluding hydrogens is 338 g/mol. The predicted molar refractivity (Wildman–Crippen MR) is 101 cm³/mol. The molecule has 0 aliphatic heterocycles. The van der Waals surface area contributed by atoms with Crippen LogP contribution < -0.4 is 16.0 Å². The number of rotatable bonds is 6. The first kappa shape index (κ1) is 18.8. The lowest BCUT2D eigenvalue weighted by molar-refractivity contribution is -0.115. The summed E-state index contributed by atoms with van der Waals surface area (Å²) in [5, 5.41) is 8.77. The Morgan fingerprint density at radius 1 is 1.00 bits per heavy atom. The van der Waals surface area contributed by atoms with Crippen molar-refractivity contribution in [2.24, 2.45) is 0 Å². The fourth-order valence-corrected chi connectivity index (χ4v) is 2.64. The second-order valence-corrected chi connectivity index (χ2v) is 6.24. The van der Waals surface area contributed by atoms with Crippen molar-refractivity contribution in [2.75, 3.05) is 18.4 Å². The molecule has 0 spiro atoms. The van der Waals surface area contributed by atoms with Crippen molar-refractivity contribution in [3.63, 3.8) is 0 Å². The van der Waals surface area contributed by atoms with Crippen LogP contribution in [0, 0.1) is 13.8 Å². The van der Waals surface area contributed by atoms with Crippen molar-refractivity contribution in [1.29, 1.82) is 0 Å². The normalized spacial score (nSPS) is 10.2. The molecule has 0 aliphatic carbocycles. The summed E-state index contributed by atoms with van der Waals surface area (Å²) in [7, 11) is 0. The zero-order valence-electron chi connectivity index (χ0n) is 14.4. The molecule has 0 heterocycles. The van der Waals surface area contributed by atoms with Gasteiger partial charge in [0.05, 0.1) is 6.54 Å². The number of hydrogen-bond donors (Lipinski definition) is 3. The second-order valence-electron chi connectivity index (χ2n) is 5.80. The highest BCUT2D eigenvalue weighted by Gasteiger charge is 2.08.